The highest BCUT2D eigenvalue weighted by atomic mass is 32.1. The predicted molar refractivity (Wildman–Crippen MR) is 109 cm³/mol. The molecule has 0 saturated heterocycles. The van der Waals surface area contributed by atoms with Crippen LogP contribution in [0.2, 0.25) is 0 Å². The third kappa shape index (κ3) is 4.30. The number of benzene rings is 1. The smallest absolute Gasteiger partial charge is 0.341 e. The molecule has 0 unspecified atom stereocenters. The molecular formula is C21H25NO5S. The molecule has 0 fully saturated rings. The Kier molecular flexibility index (Phi) is 6.57. The Morgan fingerprint density at radius 1 is 1.04 bits per heavy atom. The van der Waals surface area contributed by atoms with Crippen molar-refractivity contribution < 1.29 is 23.8 Å². The number of esters is 1. The molecule has 1 aromatic heterocycles. The van der Waals surface area contributed by atoms with Gasteiger partial charge in [-0.05, 0) is 50.3 Å². The lowest BCUT2D eigenvalue weighted by Gasteiger charge is -2.10. The van der Waals surface area contributed by atoms with Crippen molar-refractivity contribution in [2.45, 2.75) is 39.0 Å². The summed E-state index contributed by atoms with van der Waals surface area (Å²) in [4.78, 5) is 26.7. The Bertz CT molecular complexity index is 852. The second-order valence-corrected chi connectivity index (χ2v) is 7.65. The van der Waals surface area contributed by atoms with Gasteiger partial charge in [0.15, 0.2) is 0 Å². The number of fused-ring (bicyclic) bond motifs is 1. The molecule has 0 aliphatic heterocycles. The van der Waals surface area contributed by atoms with Gasteiger partial charge < -0.3 is 19.5 Å². The van der Waals surface area contributed by atoms with Crippen LogP contribution in [0, 0.1) is 0 Å². The molecule has 1 amide bonds. The van der Waals surface area contributed by atoms with Crippen LogP contribution < -0.4 is 14.8 Å². The average Bonchev–Trinajstić information content (AvgIpc) is 2.88. The molecule has 1 aliphatic rings. The van der Waals surface area contributed by atoms with Crippen LogP contribution in [0.5, 0.6) is 11.5 Å². The Labute approximate surface area is 168 Å². The first-order chi connectivity index (χ1) is 13.6. The fourth-order valence-corrected chi connectivity index (χ4v) is 4.64. The number of carbonyl (C=O) groups is 2. The van der Waals surface area contributed by atoms with Gasteiger partial charge in [0.05, 0.1) is 26.4 Å². The number of methoxy groups -OCH3 is 2. The fraction of sp³-hybridized carbons (Fsp3) is 0.429. The van der Waals surface area contributed by atoms with E-state index in [1.54, 1.807) is 25.1 Å². The third-order valence-electron chi connectivity index (χ3n) is 4.74. The Balaban J connectivity index is 1.95. The highest BCUT2D eigenvalue weighted by Crippen LogP contribution is 2.38. The van der Waals surface area contributed by atoms with Gasteiger partial charge in [0, 0.05) is 16.5 Å². The number of aryl methyl sites for hydroxylation is 1. The van der Waals surface area contributed by atoms with Crippen LogP contribution in [0.15, 0.2) is 18.2 Å². The number of amides is 1. The monoisotopic (exact) mass is 403 g/mol. The van der Waals surface area contributed by atoms with Crippen LogP contribution in [-0.4, -0.2) is 32.7 Å². The molecule has 2 aromatic rings. The first-order valence-electron chi connectivity index (χ1n) is 9.43. The maximum absolute atomic E-state index is 12.9. The average molecular weight is 404 g/mol. The van der Waals surface area contributed by atoms with E-state index in [4.69, 9.17) is 14.2 Å². The van der Waals surface area contributed by atoms with Gasteiger partial charge in [-0.15, -0.1) is 11.3 Å². The zero-order valence-corrected chi connectivity index (χ0v) is 17.2. The molecule has 1 heterocycles. The molecule has 0 atom stereocenters. The molecule has 28 heavy (non-hydrogen) atoms. The van der Waals surface area contributed by atoms with E-state index in [9.17, 15) is 9.59 Å². The maximum atomic E-state index is 12.9. The van der Waals surface area contributed by atoms with Crippen molar-refractivity contribution in [3.63, 3.8) is 0 Å². The lowest BCUT2D eigenvalue weighted by molar-refractivity contribution is 0.0527. The van der Waals surface area contributed by atoms with Gasteiger partial charge in [0.25, 0.3) is 5.91 Å². The number of anilines is 1. The number of carbonyl (C=O) groups excluding carboxylic acids is 2. The number of thiophene rings is 1. The van der Waals surface area contributed by atoms with Gasteiger partial charge >= 0.3 is 5.97 Å². The summed E-state index contributed by atoms with van der Waals surface area (Å²) in [5.74, 6) is 0.355. The fourth-order valence-electron chi connectivity index (χ4n) is 3.36. The quantitative estimate of drug-likeness (QED) is 0.569. The van der Waals surface area contributed by atoms with E-state index in [-0.39, 0.29) is 11.9 Å². The summed E-state index contributed by atoms with van der Waals surface area (Å²) >= 11 is 1.48. The maximum Gasteiger partial charge on any atom is 0.341 e. The second kappa shape index (κ2) is 9.10. The number of rotatable bonds is 6. The van der Waals surface area contributed by atoms with E-state index in [2.05, 4.69) is 5.32 Å². The summed E-state index contributed by atoms with van der Waals surface area (Å²) in [6.45, 7) is 2.08. The van der Waals surface area contributed by atoms with Gasteiger partial charge in [-0.25, -0.2) is 4.79 Å². The van der Waals surface area contributed by atoms with Gasteiger partial charge in [-0.2, -0.15) is 0 Å². The molecule has 6 nitrogen and oxygen atoms in total. The Morgan fingerprint density at radius 2 is 1.71 bits per heavy atom. The highest BCUT2D eigenvalue weighted by Gasteiger charge is 2.27. The summed E-state index contributed by atoms with van der Waals surface area (Å²) in [5.41, 5.74) is 1.93. The van der Waals surface area contributed by atoms with Gasteiger partial charge in [0.1, 0.15) is 16.5 Å². The lowest BCUT2D eigenvalue weighted by atomic mass is 10.1. The second-order valence-electron chi connectivity index (χ2n) is 6.54. The standard InChI is InChI=1S/C21H25NO5S/c1-4-27-21(24)18-16-8-6-5-7-9-17(16)28-20(18)22-19(23)13-10-14(25-2)12-15(11-13)26-3/h10-12H,4-9H2,1-3H3,(H,22,23). The zero-order valence-electron chi connectivity index (χ0n) is 16.4. The molecule has 0 bridgehead atoms. The summed E-state index contributed by atoms with van der Waals surface area (Å²) in [5, 5.41) is 3.47. The minimum Gasteiger partial charge on any atom is -0.497 e. The molecule has 3 rings (SSSR count). The molecule has 1 aliphatic carbocycles. The van der Waals surface area contributed by atoms with Crippen molar-refractivity contribution in [3.05, 3.63) is 39.8 Å². The minimum atomic E-state index is -0.375. The predicted octanol–water partition coefficient (Wildman–Crippen LogP) is 4.46. The summed E-state index contributed by atoms with van der Waals surface area (Å²) in [7, 11) is 3.07. The van der Waals surface area contributed by atoms with E-state index in [0.717, 1.165) is 37.7 Å². The van der Waals surface area contributed by atoms with Crippen LogP contribution in [0.3, 0.4) is 0 Å². The van der Waals surface area contributed by atoms with E-state index < -0.39 is 0 Å². The van der Waals surface area contributed by atoms with Crippen LogP contribution >= 0.6 is 11.3 Å². The van der Waals surface area contributed by atoms with Gasteiger partial charge in [0.2, 0.25) is 0 Å². The minimum absolute atomic E-state index is 0.296. The van der Waals surface area contributed by atoms with Crippen molar-refractivity contribution in [1.82, 2.24) is 0 Å². The first-order valence-corrected chi connectivity index (χ1v) is 10.2. The van der Waals surface area contributed by atoms with E-state index in [1.165, 1.54) is 30.4 Å². The van der Waals surface area contributed by atoms with Gasteiger partial charge in [-0.1, -0.05) is 6.42 Å². The molecule has 0 radical (unpaired) electrons. The van der Waals surface area contributed by atoms with Crippen molar-refractivity contribution in [2.75, 3.05) is 26.1 Å². The molecule has 1 N–H and O–H groups in total. The summed E-state index contributed by atoms with van der Waals surface area (Å²) in [6, 6.07) is 4.98. The lowest BCUT2D eigenvalue weighted by Crippen LogP contribution is -2.15. The van der Waals surface area contributed by atoms with Crippen molar-refractivity contribution in [2.24, 2.45) is 0 Å². The Morgan fingerprint density at radius 3 is 2.36 bits per heavy atom. The molecule has 150 valence electrons. The third-order valence-corrected chi connectivity index (χ3v) is 5.95. The van der Waals surface area contributed by atoms with E-state index >= 15 is 0 Å². The van der Waals surface area contributed by atoms with Gasteiger partial charge in [-0.3, -0.25) is 4.79 Å². The van der Waals surface area contributed by atoms with Crippen LogP contribution in [0.4, 0.5) is 5.00 Å². The highest BCUT2D eigenvalue weighted by molar-refractivity contribution is 7.17. The van der Waals surface area contributed by atoms with Crippen molar-refractivity contribution in [3.8, 4) is 11.5 Å². The van der Waals surface area contributed by atoms with Crippen LogP contribution in [-0.2, 0) is 17.6 Å². The summed E-state index contributed by atoms with van der Waals surface area (Å²) in [6.07, 6.45) is 5.04. The van der Waals surface area contributed by atoms with Crippen LogP contribution in [0.25, 0.3) is 0 Å². The molecular weight excluding hydrogens is 378 g/mol. The SMILES string of the molecule is CCOC(=O)c1c(NC(=O)c2cc(OC)cc(OC)c2)sc2c1CCCCC2. The number of hydrogen-bond acceptors (Lipinski definition) is 6. The number of ether oxygens (including phenoxy) is 3. The van der Waals surface area contributed by atoms with E-state index in [0.29, 0.717) is 34.2 Å². The zero-order chi connectivity index (χ0) is 20.1. The summed E-state index contributed by atoms with van der Waals surface area (Å²) < 4.78 is 15.8. The molecule has 0 spiro atoms. The van der Waals surface area contributed by atoms with Crippen molar-refractivity contribution in [1.29, 1.82) is 0 Å². The number of hydrogen-bond donors (Lipinski definition) is 1. The largest absolute Gasteiger partial charge is 0.497 e. The van der Waals surface area contributed by atoms with Crippen molar-refractivity contribution >= 4 is 28.2 Å². The molecule has 0 saturated carbocycles. The first kappa shape index (κ1) is 20.2. The molecule has 7 heteroatoms. The Hall–Kier alpha value is -2.54. The molecule has 1 aromatic carbocycles. The van der Waals surface area contributed by atoms with E-state index in [1.807, 2.05) is 0 Å². The topological polar surface area (TPSA) is 73.9 Å². The van der Waals surface area contributed by atoms with Crippen LogP contribution in [0.1, 0.15) is 57.3 Å². The normalized spacial score (nSPS) is 13.2. The number of nitrogens with one attached hydrogen (secondary N) is 1.